The summed E-state index contributed by atoms with van der Waals surface area (Å²) >= 11 is 0. The van der Waals surface area contributed by atoms with Gasteiger partial charge >= 0.3 is 0 Å². The van der Waals surface area contributed by atoms with Crippen molar-refractivity contribution in [3.05, 3.63) is 37.2 Å². The Morgan fingerprint density at radius 3 is 2.75 bits per heavy atom. The molecule has 4 heteroatoms. The van der Waals surface area contributed by atoms with Gasteiger partial charge < -0.3 is 4.84 Å². The third-order valence-corrected chi connectivity index (χ3v) is 1.22. The van der Waals surface area contributed by atoms with E-state index in [9.17, 15) is 0 Å². The van der Waals surface area contributed by atoms with Crippen LogP contribution < -0.4 is 0 Å². The Balaban J connectivity index is 2.98. The molecule has 1 aromatic rings. The highest BCUT2D eigenvalue weighted by molar-refractivity contribution is 6.11. The van der Waals surface area contributed by atoms with Crippen molar-refractivity contribution in [2.45, 2.75) is 0 Å². The van der Waals surface area contributed by atoms with Gasteiger partial charge in [0.1, 0.15) is 6.07 Å². The fraction of sp³-hybridized carbons (Fsp3) is 0. The molecule has 1 aromatic heterocycles. The van der Waals surface area contributed by atoms with E-state index in [2.05, 4.69) is 22.1 Å². The van der Waals surface area contributed by atoms with Crippen molar-refractivity contribution < 1.29 is 4.84 Å². The molecule has 1 rings (SSSR count). The van der Waals surface area contributed by atoms with Gasteiger partial charge in [-0.15, -0.1) is 0 Å². The number of nitrogens with zero attached hydrogens (tertiary/aromatic N) is 3. The zero-order chi connectivity index (χ0) is 8.81. The summed E-state index contributed by atoms with van der Waals surface area (Å²) < 4.78 is 0. The van der Waals surface area contributed by atoms with E-state index in [0.717, 1.165) is 0 Å². The Kier molecular flexibility index (Phi) is 2.79. The van der Waals surface area contributed by atoms with Gasteiger partial charge in [0, 0.05) is 18.0 Å². The Bertz CT molecular complexity index is 313. The zero-order valence-electron chi connectivity index (χ0n) is 6.27. The van der Waals surface area contributed by atoms with E-state index in [1.807, 2.05) is 6.07 Å². The number of pyridine rings is 1. The maximum Gasteiger partial charge on any atom is 0.187 e. The van der Waals surface area contributed by atoms with Crippen LogP contribution in [0.15, 0.2) is 29.7 Å². The summed E-state index contributed by atoms with van der Waals surface area (Å²) in [5.41, 5.74) is 0.851. The minimum Gasteiger partial charge on any atom is -0.391 e. The number of hydrogen-bond acceptors (Lipinski definition) is 4. The molecule has 0 spiro atoms. The molecule has 0 saturated heterocycles. The lowest BCUT2D eigenvalue weighted by molar-refractivity contribution is 0.261. The number of rotatable bonds is 2. The van der Waals surface area contributed by atoms with Crippen LogP contribution in [0, 0.1) is 18.4 Å². The molecular weight excluding hydrogens is 154 g/mol. The molecule has 0 bridgehead atoms. The maximum atomic E-state index is 8.60. The number of oxime groups is 1. The summed E-state index contributed by atoms with van der Waals surface area (Å²) in [4.78, 5) is 8.05. The minimum atomic E-state index is 0.187. The molecule has 4 nitrogen and oxygen atoms in total. The SMILES string of the molecule is [CH2]O/N=C(\C#N)c1ccncc1. The van der Waals surface area contributed by atoms with Gasteiger partial charge in [-0.2, -0.15) is 5.26 Å². The molecule has 0 aliphatic heterocycles. The third-order valence-electron chi connectivity index (χ3n) is 1.22. The van der Waals surface area contributed by atoms with Gasteiger partial charge in [0.25, 0.3) is 0 Å². The smallest absolute Gasteiger partial charge is 0.187 e. The zero-order valence-corrected chi connectivity index (χ0v) is 6.27. The third kappa shape index (κ3) is 1.80. The largest absolute Gasteiger partial charge is 0.391 e. The van der Waals surface area contributed by atoms with Crippen molar-refractivity contribution in [3.8, 4) is 6.07 Å². The standard InChI is InChI=1S/C8H6N3O/c1-12-11-8(6-9)7-2-4-10-5-3-7/h2-5H,1H2/b11-8+. The maximum absolute atomic E-state index is 8.60. The first-order chi connectivity index (χ1) is 5.88. The predicted molar refractivity (Wildman–Crippen MR) is 42.8 cm³/mol. The highest BCUT2D eigenvalue weighted by Gasteiger charge is 2.00. The molecule has 0 unspecified atom stereocenters. The lowest BCUT2D eigenvalue weighted by atomic mass is 10.2. The van der Waals surface area contributed by atoms with Gasteiger partial charge in [0.05, 0.1) is 0 Å². The van der Waals surface area contributed by atoms with E-state index in [0.29, 0.717) is 5.56 Å². The molecule has 12 heavy (non-hydrogen) atoms. The Morgan fingerprint density at radius 2 is 2.25 bits per heavy atom. The summed E-state index contributed by atoms with van der Waals surface area (Å²) in [6, 6.07) is 5.21. The van der Waals surface area contributed by atoms with Crippen LogP contribution in [0.2, 0.25) is 0 Å². The van der Waals surface area contributed by atoms with Gasteiger partial charge in [0.2, 0.25) is 0 Å². The van der Waals surface area contributed by atoms with E-state index in [1.54, 1.807) is 24.5 Å². The van der Waals surface area contributed by atoms with Crippen molar-refractivity contribution in [3.63, 3.8) is 0 Å². The van der Waals surface area contributed by atoms with Crippen LogP contribution in [0.3, 0.4) is 0 Å². The molecule has 0 amide bonds. The number of aromatic nitrogens is 1. The molecule has 0 aliphatic carbocycles. The second-order valence-electron chi connectivity index (χ2n) is 1.92. The number of hydrogen-bond donors (Lipinski definition) is 0. The molecule has 0 atom stereocenters. The van der Waals surface area contributed by atoms with Crippen molar-refractivity contribution >= 4 is 5.71 Å². The van der Waals surface area contributed by atoms with Crippen LogP contribution >= 0.6 is 0 Å². The molecule has 1 radical (unpaired) electrons. The van der Waals surface area contributed by atoms with Crippen molar-refractivity contribution in [2.75, 3.05) is 0 Å². The van der Waals surface area contributed by atoms with Crippen LogP contribution in [-0.4, -0.2) is 10.7 Å². The van der Waals surface area contributed by atoms with E-state index >= 15 is 0 Å². The van der Waals surface area contributed by atoms with E-state index in [-0.39, 0.29) is 5.71 Å². The Hall–Kier alpha value is -1.89. The molecule has 0 aromatic carbocycles. The average Bonchev–Trinajstić information content (AvgIpc) is 2.15. The summed E-state index contributed by atoms with van der Waals surface area (Å²) in [7, 11) is 3.04. The first kappa shape index (κ1) is 8.21. The fourth-order valence-electron chi connectivity index (χ4n) is 0.712. The van der Waals surface area contributed by atoms with Crippen LogP contribution in [0.5, 0.6) is 0 Å². The van der Waals surface area contributed by atoms with Gasteiger partial charge in [-0.1, -0.05) is 5.16 Å². The quantitative estimate of drug-likeness (QED) is 0.481. The first-order valence-electron chi connectivity index (χ1n) is 3.18. The summed E-state index contributed by atoms with van der Waals surface area (Å²) in [6.45, 7) is 0. The number of nitriles is 1. The van der Waals surface area contributed by atoms with Crippen molar-refractivity contribution in [2.24, 2.45) is 5.16 Å². The van der Waals surface area contributed by atoms with Crippen molar-refractivity contribution in [1.82, 2.24) is 4.98 Å². The monoisotopic (exact) mass is 160 g/mol. The Labute approximate surface area is 70.1 Å². The minimum absolute atomic E-state index is 0.187. The van der Waals surface area contributed by atoms with E-state index < -0.39 is 0 Å². The fourth-order valence-corrected chi connectivity index (χ4v) is 0.712. The van der Waals surface area contributed by atoms with Crippen LogP contribution in [-0.2, 0) is 4.84 Å². The Morgan fingerprint density at radius 1 is 1.58 bits per heavy atom. The normalized spacial score (nSPS) is 10.5. The predicted octanol–water partition coefficient (Wildman–Crippen LogP) is 1.12. The van der Waals surface area contributed by atoms with Gasteiger partial charge in [0.15, 0.2) is 12.8 Å². The van der Waals surface area contributed by atoms with Gasteiger partial charge in [-0.25, -0.2) is 0 Å². The average molecular weight is 160 g/mol. The summed E-state index contributed by atoms with van der Waals surface area (Å²) in [5, 5.41) is 12.0. The second kappa shape index (κ2) is 4.09. The highest BCUT2D eigenvalue weighted by atomic mass is 16.6. The molecule has 0 N–H and O–H groups in total. The molecule has 0 aliphatic rings. The molecule has 0 saturated carbocycles. The molecular formula is C8H6N3O. The molecule has 59 valence electrons. The van der Waals surface area contributed by atoms with E-state index in [4.69, 9.17) is 5.26 Å². The first-order valence-corrected chi connectivity index (χ1v) is 3.18. The summed E-state index contributed by atoms with van der Waals surface area (Å²) in [6.07, 6.45) is 3.15. The van der Waals surface area contributed by atoms with Gasteiger partial charge in [-0.3, -0.25) is 4.98 Å². The topological polar surface area (TPSA) is 58.3 Å². The lowest BCUT2D eigenvalue weighted by Gasteiger charge is -1.94. The van der Waals surface area contributed by atoms with Crippen LogP contribution in [0.4, 0.5) is 0 Å². The highest BCUT2D eigenvalue weighted by Crippen LogP contribution is 1.98. The van der Waals surface area contributed by atoms with Crippen molar-refractivity contribution in [1.29, 1.82) is 5.26 Å². The van der Waals surface area contributed by atoms with Crippen LogP contribution in [0.1, 0.15) is 5.56 Å². The van der Waals surface area contributed by atoms with Crippen LogP contribution in [0.25, 0.3) is 0 Å². The molecule has 1 heterocycles. The molecule has 0 fully saturated rings. The van der Waals surface area contributed by atoms with E-state index in [1.165, 1.54) is 0 Å². The summed E-state index contributed by atoms with van der Waals surface area (Å²) in [5.74, 6) is 0. The van der Waals surface area contributed by atoms with Gasteiger partial charge in [-0.05, 0) is 12.1 Å². The lowest BCUT2D eigenvalue weighted by Crippen LogP contribution is -1.96. The second-order valence-corrected chi connectivity index (χ2v) is 1.92.